The molecule has 0 fully saturated rings. The van der Waals surface area contributed by atoms with Gasteiger partial charge in [0.05, 0.1) is 13.2 Å². The van der Waals surface area contributed by atoms with E-state index in [1.54, 1.807) is 12.2 Å². The lowest BCUT2D eigenvalue weighted by molar-refractivity contribution is -0.146. The molecule has 96 valence electrons. The van der Waals surface area contributed by atoms with E-state index in [-0.39, 0.29) is 25.2 Å². The van der Waals surface area contributed by atoms with Crippen LogP contribution < -0.4 is 0 Å². The van der Waals surface area contributed by atoms with Crippen LogP contribution in [0.4, 0.5) is 0 Å². The summed E-state index contributed by atoms with van der Waals surface area (Å²) in [6.07, 6.45) is 5.81. The molecule has 0 N–H and O–H groups in total. The maximum atomic E-state index is 11.1. The van der Waals surface area contributed by atoms with Gasteiger partial charge < -0.3 is 9.47 Å². The van der Waals surface area contributed by atoms with Crippen molar-refractivity contribution >= 4 is 11.9 Å². The Morgan fingerprint density at radius 3 is 1.65 bits per heavy atom. The van der Waals surface area contributed by atoms with Crippen LogP contribution in [0.15, 0.2) is 25.3 Å². The average molecular weight is 240 g/mol. The average Bonchev–Trinajstić information content (AvgIpc) is 2.33. The molecule has 0 radical (unpaired) electrons. The molecule has 0 saturated carbocycles. The van der Waals surface area contributed by atoms with Crippen LogP contribution in [0.5, 0.6) is 0 Å². The van der Waals surface area contributed by atoms with Gasteiger partial charge in [-0.3, -0.25) is 9.59 Å². The van der Waals surface area contributed by atoms with Crippen molar-refractivity contribution in [2.45, 2.75) is 32.1 Å². The monoisotopic (exact) mass is 240 g/mol. The molecule has 0 rings (SSSR count). The molecule has 0 amide bonds. The van der Waals surface area contributed by atoms with E-state index >= 15 is 0 Å². The third kappa shape index (κ3) is 10.7. The van der Waals surface area contributed by atoms with Crippen molar-refractivity contribution in [2.75, 3.05) is 13.2 Å². The highest BCUT2D eigenvalue weighted by molar-refractivity contribution is 5.69. The van der Waals surface area contributed by atoms with Crippen molar-refractivity contribution in [1.82, 2.24) is 0 Å². The molecule has 0 spiro atoms. The molecule has 0 aromatic carbocycles. The van der Waals surface area contributed by atoms with Crippen LogP contribution in [0.1, 0.15) is 32.1 Å². The van der Waals surface area contributed by atoms with E-state index in [4.69, 9.17) is 9.47 Å². The van der Waals surface area contributed by atoms with Crippen molar-refractivity contribution in [3.8, 4) is 0 Å². The Morgan fingerprint density at radius 2 is 1.29 bits per heavy atom. The third-order valence-electron chi connectivity index (χ3n) is 1.92. The second-order valence-electron chi connectivity index (χ2n) is 3.45. The summed E-state index contributed by atoms with van der Waals surface area (Å²) in [5, 5.41) is 0. The fourth-order valence-corrected chi connectivity index (χ4v) is 1.02. The summed E-state index contributed by atoms with van der Waals surface area (Å²) in [6.45, 7) is 7.59. The van der Waals surface area contributed by atoms with Gasteiger partial charge in [0.25, 0.3) is 0 Å². The molecule has 4 heteroatoms. The lowest BCUT2D eigenvalue weighted by Gasteiger charge is -2.05. The first-order chi connectivity index (χ1) is 8.20. The van der Waals surface area contributed by atoms with Gasteiger partial charge in [0.2, 0.25) is 0 Å². The van der Waals surface area contributed by atoms with E-state index in [9.17, 15) is 9.59 Å². The predicted octanol–water partition coefficient (Wildman–Crippen LogP) is 2.40. The van der Waals surface area contributed by atoms with Gasteiger partial charge in [-0.25, -0.2) is 0 Å². The number of hydrogen-bond acceptors (Lipinski definition) is 4. The lowest BCUT2D eigenvalue weighted by Crippen LogP contribution is -2.10. The molecule has 4 nitrogen and oxygen atoms in total. The number of allylic oxidation sites excluding steroid dienone is 2. The Kier molecular flexibility index (Phi) is 9.91. The standard InChI is InChI=1S/C13H20O4/c1-3-5-8-12(14)16-10-7-11-17-13(15)9-6-4-2/h3-4H,1-2,5-11H2. The highest BCUT2D eigenvalue weighted by Gasteiger charge is 2.02. The molecule has 0 aliphatic heterocycles. The van der Waals surface area contributed by atoms with Crippen molar-refractivity contribution in [3.63, 3.8) is 0 Å². The molecule has 0 aliphatic carbocycles. The number of esters is 2. The molecule has 0 aromatic rings. The van der Waals surface area contributed by atoms with E-state index in [0.717, 1.165) is 0 Å². The number of carbonyl (C=O) groups excluding carboxylic acids is 2. The van der Waals surface area contributed by atoms with Crippen LogP contribution in [0.2, 0.25) is 0 Å². The zero-order valence-electron chi connectivity index (χ0n) is 10.2. The van der Waals surface area contributed by atoms with E-state index < -0.39 is 0 Å². The Morgan fingerprint density at radius 1 is 0.882 bits per heavy atom. The molecular weight excluding hydrogens is 220 g/mol. The Bertz CT molecular complexity index is 232. The molecule has 0 bridgehead atoms. The first-order valence-corrected chi connectivity index (χ1v) is 5.73. The summed E-state index contributed by atoms with van der Waals surface area (Å²) < 4.78 is 9.83. The van der Waals surface area contributed by atoms with Crippen molar-refractivity contribution in [1.29, 1.82) is 0 Å². The summed E-state index contributed by atoms with van der Waals surface area (Å²) in [5.74, 6) is -0.495. The minimum absolute atomic E-state index is 0.247. The fraction of sp³-hybridized carbons (Fsp3) is 0.538. The zero-order valence-corrected chi connectivity index (χ0v) is 10.2. The van der Waals surface area contributed by atoms with Crippen molar-refractivity contribution < 1.29 is 19.1 Å². The van der Waals surface area contributed by atoms with Crippen LogP contribution in [-0.4, -0.2) is 25.2 Å². The van der Waals surface area contributed by atoms with Gasteiger partial charge in [0.15, 0.2) is 0 Å². The van der Waals surface area contributed by atoms with Crippen molar-refractivity contribution in [3.05, 3.63) is 25.3 Å². The smallest absolute Gasteiger partial charge is 0.306 e. The molecule has 0 atom stereocenters. The SMILES string of the molecule is C=CCCC(=O)OCCCOC(=O)CCC=C. The number of rotatable bonds is 10. The largest absolute Gasteiger partial charge is 0.466 e. The summed E-state index contributed by atoms with van der Waals surface area (Å²) in [7, 11) is 0. The Labute approximate surface area is 102 Å². The highest BCUT2D eigenvalue weighted by Crippen LogP contribution is 1.97. The molecule has 0 saturated heterocycles. The first-order valence-electron chi connectivity index (χ1n) is 5.73. The summed E-state index contributed by atoms with van der Waals surface area (Å²) in [6, 6.07) is 0. The van der Waals surface area contributed by atoms with Crippen LogP contribution in [0, 0.1) is 0 Å². The predicted molar refractivity (Wildman–Crippen MR) is 65.4 cm³/mol. The molecular formula is C13H20O4. The van der Waals surface area contributed by atoms with Crippen molar-refractivity contribution in [2.24, 2.45) is 0 Å². The molecule has 0 heterocycles. The molecule has 0 aromatic heterocycles. The quantitative estimate of drug-likeness (QED) is 0.334. The van der Waals surface area contributed by atoms with E-state index in [1.807, 2.05) is 0 Å². The second-order valence-corrected chi connectivity index (χ2v) is 3.45. The summed E-state index contributed by atoms with van der Waals surface area (Å²) in [5.41, 5.74) is 0. The maximum Gasteiger partial charge on any atom is 0.306 e. The molecule has 17 heavy (non-hydrogen) atoms. The fourth-order valence-electron chi connectivity index (χ4n) is 1.02. The highest BCUT2D eigenvalue weighted by atomic mass is 16.5. The van der Waals surface area contributed by atoms with E-state index in [0.29, 0.717) is 32.1 Å². The topological polar surface area (TPSA) is 52.6 Å². The number of carbonyl (C=O) groups is 2. The van der Waals surface area contributed by atoms with E-state index in [2.05, 4.69) is 13.2 Å². The maximum absolute atomic E-state index is 11.1. The van der Waals surface area contributed by atoms with Crippen LogP contribution >= 0.6 is 0 Å². The third-order valence-corrected chi connectivity index (χ3v) is 1.92. The molecule has 0 aliphatic rings. The first kappa shape index (κ1) is 15.4. The lowest BCUT2D eigenvalue weighted by atomic mass is 10.3. The summed E-state index contributed by atoms with van der Waals surface area (Å²) >= 11 is 0. The van der Waals surface area contributed by atoms with Gasteiger partial charge in [-0.05, 0) is 12.8 Å². The summed E-state index contributed by atoms with van der Waals surface area (Å²) in [4.78, 5) is 22.1. The Balaban J connectivity index is 3.33. The van der Waals surface area contributed by atoms with Gasteiger partial charge in [0.1, 0.15) is 0 Å². The van der Waals surface area contributed by atoms with Crippen LogP contribution in [0.25, 0.3) is 0 Å². The zero-order chi connectivity index (χ0) is 12.9. The minimum Gasteiger partial charge on any atom is -0.466 e. The van der Waals surface area contributed by atoms with Crippen LogP contribution in [0.3, 0.4) is 0 Å². The minimum atomic E-state index is -0.247. The Hall–Kier alpha value is -1.58. The van der Waals surface area contributed by atoms with E-state index in [1.165, 1.54) is 0 Å². The normalized spacial score (nSPS) is 9.41. The van der Waals surface area contributed by atoms with Gasteiger partial charge >= 0.3 is 11.9 Å². The second kappa shape index (κ2) is 10.9. The number of hydrogen-bond donors (Lipinski definition) is 0. The van der Waals surface area contributed by atoms with Crippen LogP contribution in [-0.2, 0) is 19.1 Å². The molecule has 0 unspecified atom stereocenters. The van der Waals surface area contributed by atoms with Gasteiger partial charge in [-0.1, -0.05) is 12.2 Å². The van der Waals surface area contributed by atoms with Gasteiger partial charge in [0, 0.05) is 19.3 Å². The van der Waals surface area contributed by atoms with Gasteiger partial charge in [-0.15, -0.1) is 13.2 Å². The van der Waals surface area contributed by atoms with Gasteiger partial charge in [-0.2, -0.15) is 0 Å². The number of ether oxygens (including phenoxy) is 2.